The van der Waals surface area contributed by atoms with Gasteiger partial charge in [0.1, 0.15) is 11.4 Å². The fraction of sp³-hybridized carbons (Fsp3) is 0.400. The molecule has 0 aliphatic rings. The monoisotopic (exact) mass is 304 g/mol. The van der Waals surface area contributed by atoms with Gasteiger partial charge in [-0.15, -0.1) is 0 Å². The smallest absolute Gasteiger partial charge is 0.354 e. The van der Waals surface area contributed by atoms with E-state index in [-0.39, 0.29) is 11.0 Å². The number of halogens is 3. The Morgan fingerprint density at radius 2 is 2.15 bits per heavy atom. The summed E-state index contributed by atoms with van der Waals surface area (Å²) < 4.78 is 38.4. The van der Waals surface area contributed by atoms with Crippen LogP contribution >= 0.6 is 11.8 Å². The number of anilines is 1. The molecule has 2 aromatic heterocycles. The summed E-state index contributed by atoms with van der Waals surface area (Å²) in [6.45, 7) is 2.39. The SMILES string of the molecule is CCCNc1nc(Sc2ncn[nH]2)cc(C(F)(F)F)n1. The minimum atomic E-state index is -4.53. The maximum Gasteiger partial charge on any atom is 0.433 e. The van der Waals surface area contributed by atoms with Gasteiger partial charge in [0.05, 0.1) is 0 Å². The molecule has 0 saturated heterocycles. The second-order valence-corrected chi connectivity index (χ2v) is 4.74. The fourth-order valence-corrected chi connectivity index (χ4v) is 1.98. The summed E-state index contributed by atoms with van der Waals surface area (Å²) in [6, 6.07) is 0.879. The first kappa shape index (κ1) is 14.6. The first-order valence-corrected chi connectivity index (χ1v) is 6.54. The summed E-state index contributed by atoms with van der Waals surface area (Å²) in [5.74, 6) is -0.0521. The van der Waals surface area contributed by atoms with Crippen LogP contribution in [0.15, 0.2) is 22.6 Å². The molecular formula is C10H11F3N6S. The molecule has 0 fully saturated rings. The standard InChI is InChI=1S/C10H11F3N6S/c1-2-3-14-8-17-6(10(11,12)13)4-7(18-8)20-9-15-5-16-19-9/h4-5H,2-3H2,1H3,(H,14,17,18)(H,15,16,19). The molecule has 0 saturated carbocycles. The third-order valence-corrected chi connectivity index (χ3v) is 2.93. The molecule has 6 nitrogen and oxygen atoms in total. The average Bonchev–Trinajstić information content (AvgIpc) is 2.88. The minimum Gasteiger partial charge on any atom is -0.354 e. The van der Waals surface area contributed by atoms with Crippen LogP contribution in [0.2, 0.25) is 0 Å². The Labute approximate surface area is 116 Å². The van der Waals surface area contributed by atoms with Crippen molar-refractivity contribution in [2.75, 3.05) is 11.9 Å². The zero-order valence-electron chi connectivity index (χ0n) is 10.4. The first-order chi connectivity index (χ1) is 9.49. The molecule has 2 aromatic rings. The van der Waals surface area contributed by atoms with E-state index < -0.39 is 11.9 Å². The van der Waals surface area contributed by atoms with Crippen LogP contribution in [-0.2, 0) is 6.18 Å². The van der Waals surface area contributed by atoms with Crippen LogP contribution in [0.25, 0.3) is 0 Å². The summed E-state index contributed by atoms with van der Waals surface area (Å²) in [7, 11) is 0. The molecule has 0 amide bonds. The Morgan fingerprint density at radius 3 is 2.75 bits per heavy atom. The lowest BCUT2D eigenvalue weighted by molar-refractivity contribution is -0.141. The number of nitrogens with one attached hydrogen (secondary N) is 2. The highest BCUT2D eigenvalue weighted by Crippen LogP contribution is 2.32. The van der Waals surface area contributed by atoms with Crippen LogP contribution in [0.3, 0.4) is 0 Å². The number of alkyl halides is 3. The van der Waals surface area contributed by atoms with E-state index in [1.54, 1.807) is 0 Å². The number of aromatic amines is 1. The topological polar surface area (TPSA) is 79.4 Å². The number of aromatic nitrogens is 5. The van der Waals surface area contributed by atoms with Gasteiger partial charge in [0, 0.05) is 12.6 Å². The van der Waals surface area contributed by atoms with Gasteiger partial charge in [0.15, 0.2) is 10.9 Å². The first-order valence-electron chi connectivity index (χ1n) is 5.72. The lowest BCUT2D eigenvalue weighted by atomic mass is 10.4. The molecule has 2 rings (SSSR count). The number of rotatable bonds is 5. The minimum absolute atomic E-state index is 0.0521. The van der Waals surface area contributed by atoms with Crippen molar-refractivity contribution in [3.63, 3.8) is 0 Å². The van der Waals surface area contributed by atoms with Gasteiger partial charge in [-0.05, 0) is 18.2 Å². The number of nitrogens with zero attached hydrogens (tertiary/aromatic N) is 4. The van der Waals surface area contributed by atoms with Crippen LogP contribution in [0.4, 0.5) is 19.1 Å². The van der Waals surface area contributed by atoms with E-state index >= 15 is 0 Å². The molecule has 0 spiro atoms. The molecule has 0 aliphatic heterocycles. The number of hydrogen-bond donors (Lipinski definition) is 2. The van der Waals surface area contributed by atoms with Crippen molar-refractivity contribution in [3.8, 4) is 0 Å². The third kappa shape index (κ3) is 3.83. The van der Waals surface area contributed by atoms with Gasteiger partial charge < -0.3 is 5.32 Å². The van der Waals surface area contributed by atoms with E-state index in [9.17, 15) is 13.2 Å². The molecule has 2 N–H and O–H groups in total. The van der Waals surface area contributed by atoms with E-state index in [0.717, 1.165) is 24.2 Å². The molecule has 0 aromatic carbocycles. The highest BCUT2D eigenvalue weighted by atomic mass is 32.2. The highest BCUT2D eigenvalue weighted by Gasteiger charge is 2.33. The predicted molar refractivity (Wildman–Crippen MR) is 66.3 cm³/mol. The van der Waals surface area contributed by atoms with Crippen molar-refractivity contribution in [1.82, 2.24) is 25.1 Å². The zero-order valence-corrected chi connectivity index (χ0v) is 11.2. The van der Waals surface area contributed by atoms with Gasteiger partial charge >= 0.3 is 6.18 Å². The molecule has 108 valence electrons. The van der Waals surface area contributed by atoms with E-state index in [1.807, 2.05) is 6.92 Å². The fourth-order valence-electron chi connectivity index (χ4n) is 1.28. The summed E-state index contributed by atoms with van der Waals surface area (Å²) in [6.07, 6.45) is -2.50. The summed E-state index contributed by atoms with van der Waals surface area (Å²) >= 11 is 0.952. The van der Waals surface area contributed by atoms with Crippen LogP contribution < -0.4 is 5.32 Å². The van der Waals surface area contributed by atoms with Crippen LogP contribution in [0.5, 0.6) is 0 Å². The Balaban J connectivity index is 2.29. The summed E-state index contributed by atoms with van der Waals surface area (Å²) in [5.41, 5.74) is -0.992. The number of H-pyrrole nitrogens is 1. The molecular weight excluding hydrogens is 293 g/mol. The largest absolute Gasteiger partial charge is 0.433 e. The molecule has 10 heteroatoms. The van der Waals surface area contributed by atoms with Crippen molar-refractivity contribution in [1.29, 1.82) is 0 Å². The second-order valence-electron chi connectivity index (χ2n) is 3.73. The molecule has 0 radical (unpaired) electrons. The highest BCUT2D eigenvalue weighted by molar-refractivity contribution is 7.99. The van der Waals surface area contributed by atoms with Gasteiger partial charge in [-0.1, -0.05) is 6.92 Å². The lowest BCUT2D eigenvalue weighted by Crippen LogP contribution is -2.13. The van der Waals surface area contributed by atoms with Gasteiger partial charge in [0.2, 0.25) is 5.95 Å². The normalized spacial score (nSPS) is 11.6. The van der Waals surface area contributed by atoms with Crippen molar-refractivity contribution in [2.45, 2.75) is 29.7 Å². The van der Waals surface area contributed by atoms with Crippen molar-refractivity contribution in [3.05, 3.63) is 18.1 Å². The predicted octanol–water partition coefficient (Wildman–Crippen LogP) is 2.59. The summed E-state index contributed by atoms with van der Waals surface area (Å²) in [4.78, 5) is 11.3. The molecule has 0 bridgehead atoms. The van der Waals surface area contributed by atoms with E-state index in [0.29, 0.717) is 11.7 Å². The van der Waals surface area contributed by atoms with Gasteiger partial charge in [-0.3, -0.25) is 5.10 Å². The summed E-state index contributed by atoms with van der Waals surface area (Å²) in [5, 5.41) is 9.42. The lowest BCUT2D eigenvalue weighted by Gasteiger charge is -2.10. The Bertz CT molecular complexity index is 557. The molecule has 0 aliphatic carbocycles. The Morgan fingerprint density at radius 1 is 1.35 bits per heavy atom. The van der Waals surface area contributed by atoms with E-state index in [2.05, 4.69) is 30.5 Å². The zero-order chi connectivity index (χ0) is 14.6. The van der Waals surface area contributed by atoms with Gasteiger partial charge in [0.25, 0.3) is 0 Å². The van der Waals surface area contributed by atoms with Gasteiger partial charge in [-0.25, -0.2) is 15.0 Å². The molecule has 20 heavy (non-hydrogen) atoms. The quantitative estimate of drug-likeness (QED) is 0.827. The van der Waals surface area contributed by atoms with Crippen molar-refractivity contribution >= 4 is 17.7 Å². The van der Waals surface area contributed by atoms with E-state index in [1.165, 1.54) is 6.33 Å². The Hall–Kier alpha value is -1.84. The van der Waals surface area contributed by atoms with Gasteiger partial charge in [-0.2, -0.15) is 18.3 Å². The van der Waals surface area contributed by atoms with Crippen LogP contribution in [0.1, 0.15) is 19.0 Å². The van der Waals surface area contributed by atoms with Crippen LogP contribution in [-0.4, -0.2) is 31.7 Å². The molecule has 0 atom stereocenters. The maximum atomic E-state index is 12.8. The van der Waals surface area contributed by atoms with E-state index in [4.69, 9.17) is 0 Å². The Kier molecular flexibility index (Phi) is 4.42. The molecule has 2 heterocycles. The second kappa shape index (κ2) is 6.07. The number of hydrogen-bond acceptors (Lipinski definition) is 6. The third-order valence-electron chi connectivity index (χ3n) is 2.12. The van der Waals surface area contributed by atoms with Crippen LogP contribution in [0, 0.1) is 0 Å². The maximum absolute atomic E-state index is 12.8. The average molecular weight is 304 g/mol. The van der Waals surface area contributed by atoms with Crippen molar-refractivity contribution < 1.29 is 13.2 Å². The van der Waals surface area contributed by atoms with Crippen molar-refractivity contribution in [2.24, 2.45) is 0 Å². The molecule has 0 unspecified atom stereocenters.